The Kier molecular flexibility index (Phi) is 4.65. The second kappa shape index (κ2) is 7.48. The lowest BCUT2D eigenvalue weighted by Crippen LogP contribution is -2.40. The Hall–Kier alpha value is -3.35. The zero-order valence-corrected chi connectivity index (χ0v) is 16.5. The Bertz CT molecular complexity index is 1040. The molecule has 3 aliphatic rings. The van der Waals surface area contributed by atoms with Crippen LogP contribution in [-0.2, 0) is 0 Å². The van der Waals surface area contributed by atoms with Crippen molar-refractivity contribution < 1.29 is 23.9 Å². The molecular formula is C23H22N2O5. The predicted octanol–water partition coefficient (Wildman–Crippen LogP) is 3.64. The number of carbonyl (C=O) groups is 3. The summed E-state index contributed by atoms with van der Waals surface area (Å²) in [5, 5.41) is 2.82. The third-order valence-corrected chi connectivity index (χ3v) is 5.92. The minimum absolute atomic E-state index is 0.0406. The molecule has 5 rings (SSSR count). The summed E-state index contributed by atoms with van der Waals surface area (Å²) >= 11 is 0. The van der Waals surface area contributed by atoms with Gasteiger partial charge in [-0.15, -0.1) is 0 Å². The first-order valence-corrected chi connectivity index (χ1v) is 10.3. The van der Waals surface area contributed by atoms with Gasteiger partial charge in [0.2, 0.25) is 0 Å². The number of imide groups is 1. The van der Waals surface area contributed by atoms with Crippen molar-refractivity contribution in [2.45, 2.75) is 38.1 Å². The smallest absolute Gasteiger partial charge is 0.261 e. The molecule has 0 unspecified atom stereocenters. The molecule has 3 amide bonds. The second-order valence-corrected chi connectivity index (χ2v) is 7.85. The monoisotopic (exact) mass is 406 g/mol. The van der Waals surface area contributed by atoms with Crippen molar-refractivity contribution in [3.05, 3.63) is 53.1 Å². The zero-order valence-electron chi connectivity index (χ0n) is 16.5. The second-order valence-electron chi connectivity index (χ2n) is 7.85. The molecule has 1 fully saturated rings. The Morgan fingerprint density at radius 2 is 1.60 bits per heavy atom. The van der Waals surface area contributed by atoms with Gasteiger partial charge in [0.05, 0.1) is 11.1 Å². The SMILES string of the molecule is O=C(Nc1ccc2c(c1)OCCO2)c1ccc2c(c1)C(=O)N(C1CCCCC1)C2=O. The normalized spacial score (nSPS) is 18.3. The Balaban J connectivity index is 1.36. The van der Waals surface area contributed by atoms with Gasteiger partial charge in [0.15, 0.2) is 11.5 Å². The van der Waals surface area contributed by atoms with Gasteiger partial charge in [0.1, 0.15) is 13.2 Å². The number of hydrogen-bond donors (Lipinski definition) is 1. The molecule has 2 aromatic carbocycles. The van der Waals surface area contributed by atoms with Crippen LogP contribution in [0.3, 0.4) is 0 Å². The molecule has 0 saturated heterocycles. The van der Waals surface area contributed by atoms with Crippen molar-refractivity contribution in [2.24, 2.45) is 0 Å². The fourth-order valence-corrected chi connectivity index (χ4v) is 4.40. The highest BCUT2D eigenvalue weighted by molar-refractivity contribution is 6.22. The van der Waals surface area contributed by atoms with Gasteiger partial charge in [-0.3, -0.25) is 19.3 Å². The van der Waals surface area contributed by atoms with Crippen LogP contribution in [0.5, 0.6) is 11.5 Å². The van der Waals surface area contributed by atoms with E-state index in [-0.39, 0.29) is 23.8 Å². The fraction of sp³-hybridized carbons (Fsp3) is 0.348. The van der Waals surface area contributed by atoms with E-state index in [1.807, 2.05) is 0 Å². The van der Waals surface area contributed by atoms with Crippen LogP contribution in [0.2, 0.25) is 0 Å². The summed E-state index contributed by atoms with van der Waals surface area (Å²) in [6.07, 6.45) is 4.90. The maximum atomic E-state index is 12.9. The maximum absolute atomic E-state index is 12.9. The number of rotatable bonds is 3. The molecule has 1 saturated carbocycles. The van der Waals surface area contributed by atoms with Crippen molar-refractivity contribution in [3.63, 3.8) is 0 Å². The van der Waals surface area contributed by atoms with Gasteiger partial charge in [-0.1, -0.05) is 19.3 Å². The first kappa shape index (κ1) is 18.7. The molecule has 2 heterocycles. The lowest BCUT2D eigenvalue weighted by molar-refractivity contribution is 0.0549. The molecule has 0 bridgehead atoms. The first-order chi connectivity index (χ1) is 14.6. The number of benzene rings is 2. The molecule has 7 heteroatoms. The third-order valence-electron chi connectivity index (χ3n) is 5.92. The molecular weight excluding hydrogens is 384 g/mol. The number of fused-ring (bicyclic) bond motifs is 2. The van der Waals surface area contributed by atoms with Crippen molar-refractivity contribution in [2.75, 3.05) is 18.5 Å². The van der Waals surface area contributed by atoms with E-state index in [1.54, 1.807) is 30.3 Å². The molecule has 154 valence electrons. The van der Waals surface area contributed by atoms with Crippen LogP contribution in [0.4, 0.5) is 5.69 Å². The molecule has 2 aliphatic heterocycles. The quantitative estimate of drug-likeness (QED) is 0.787. The molecule has 1 N–H and O–H groups in total. The van der Waals surface area contributed by atoms with Gasteiger partial charge >= 0.3 is 0 Å². The lowest BCUT2D eigenvalue weighted by atomic mass is 9.94. The van der Waals surface area contributed by atoms with Crippen LogP contribution in [0, 0.1) is 0 Å². The number of carbonyl (C=O) groups excluding carboxylic acids is 3. The van der Waals surface area contributed by atoms with Crippen molar-refractivity contribution in [1.29, 1.82) is 0 Å². The van der Waals surface area contributed by atoms with E-state index in [0.29, 0.717) is 47.1 Å². The molecule has 2 aromatic rings. The molecule has 30 heavy (non-hydrogen) atoms. The molecule has 0 spiro atoms. The topological polar surface area (TPSA) is 84.9 Å². The van der Waals surface area contributed by atoms with E-state index in [4.69, 9.17) is 9.47 Å². The average Bonchev–Trinajstić information content (AvgIpc) is 3.04. The predicted molar refractivity (Wildman–Crippen MR) is 109 cm³/mol. The third kappa shape index (κ3) is 3.20. The van der Waals surface area contributed by atoms with Crippen LogP contribution in [0.15, 0.2) is 36.4 Å². The number of anilines is 1. The lowest BCUT2D eigenvalue weighted by Gasteiger charge is -2.29. The Morgan fingerprint density at radius 3 is 2.40 bits per heavy atom. The summed E-state index contributed by atoms with van der Waals surface area (Å²) in [6.45, 7) is 0.960. The van der Waals surface area contributed by atoms with Gasteiger partial charge in [0, 0.05) is 23.4 Å². The summed E-state index contributed by atoms with van der Waals surface area (Å²) in [7, 11) is 0. The number of ether oxygens (including phenoxy) is 2. The van der Waals surface area contributed by atoms with Gasteiger partial charge in [-0.05, 0) is 43.2 Å². The van der Waals surface area contributed by atoms with Gasteiger partial charge in [-0.2, -0.15) is 0 Å². The molecule has 0 aromatic heterocycles. The summed E-state index contributed by atoms with van der Waals surface area (Å²) in [5.41, 5.74) is 1.58. The molecule has 7 nitrogen and oxygen atoms in total. The number of amides is 3. The van der Waals surface area contributed by atoms with Gasteiger partial charge in [-0.25, -0.2) is 0 Å². The number of nitrogens with one attached hydrogen (secondary N) is 1. The average molecular weight is 406 g/mol. The maximum Gasteiger partial charge on any atom is 0.261 e. The van der Waals surface area contributed by atoms with E-state index in [2.05, 4.69) is 5.32 Å². The minimum Gasteiger partial charge on any atom is -0.486 e. The molecule has 1 aliphatic carbocycles. The fourth-order valence-electron chi connectivity index (χ4n) is 4.40. The van der Waals surface area contributed by atoms with E-state index in [9.17, 15) is 14.4 Å². The number of nitrogens with zero attached hydrogens (tertiary/aromatic N) is 1. The van der Waals surface area contributed by atoms with Crippen LogP contribution in [0.1, 0.15) is 63.2 Å². The zero-order chi connectivity index (χ0) is 20.7. The van der Waals surface area contributed by atoms with Crippen molar-refractivity contribution in [1.82, 2.24) is 4.90 Å². The highest BCUT2D eigenvalue weighted by Gasteiger charge is 2.40. The number of hydrogen-bond acceptors (Lipinski definition) is 5. The highest BCUT2D eigenvalue weighted by atomic mass is 16.6. The Morgan fingerprint density at radius 1 is 0.867 bits per heavy atom. The largest absolute Gasteiger partial charge is 0.486 e. The van der Waals surface area contributed by atoms with Gasteiger partial charge < -0.3 is 14.8 Å². The molecule has 0 atom stereocenters. The van der Waals surface area contributed by atoms with E-state index in [1.165, 1.54) is 11.0 Å². The van der Waals surface area contributed by atoms with E-state index in [0.717, 1.165) is 32.1 Å². The van der Waals surface area contributed by atoms with E-state index < -0.39 is 0 Å². The van der Waals surface area contributed by atoms with Crippen LogP contribution in [0.25, 0.3) is 0 Å². The Labute approximate surface area is 174 Å². The summed E-state index contributed by atoms with van der Waals surface area (Å²) in [5.74, 6) is 0.322. The van der Waals surface area contributed by atoms with Crippen molar-refractivity contribution >= 4 is 23.4 Å². The van der Waals surface area contributed by atoms with Crippen LogP contribution < -0.4 is 14.8 Å². The molecule has 0 radical (unpaired) electrons. The minimum atomic E-state index is -0.356. The highest BCUT2D eigenvalue weighted by Crippen LogP contribution is 2.34. The summed E-state index contributed by atoms with van der Waals surface area (Å²) < 4.78 is 11.0. The van der Waals surface area contributed by atoms with Gasteiger partial charge in [0.25, 0.3) is 17.7 Å². The standard InChI is InChI=1S/C23H22N2O5/c26-21(24-15-7-9-19-20(13-15)30-11-10-29-19)14-6-8-17-18(12-14)23(28)25(22(17)27)16-4-2-1-3-5-16/h6-9,12-13,16H,1-5,10-11H2,(H,24,26). The summed E-state index contributed by atoms with van der Waals surface area (Å²) in [6, 6.07) is 9.83. The van der Waals surface area contributed by atoms with Crippen LogP contribution >= 0.6 is 0 Å². The first-order valence-electron chi connectivity index (χ1n) is 10.3. The van der Waals surface area contributed by atoms with E-state index >= 15 is 0 Å². The van der Waals surface area contributed by atoms with Crippen molar-refractivity contribution in [3.8, 4) is 11.5 Å². The van der Waals surface area contributed by atoms with Crippen LogP contribution in [-0.4, -0.2) is 41.9 Å². The summed E-state index contributed by atoms with van der Waals surface area (Å²) in [4.78, 5) is 39.9.